The molecular weight excluding hydrogens is 246 g/mol. The Balaban J connectivity index is 1.63. The topological polar surface area (TPSA) is 18.5 Å². The van der Waals surface area contributed by atoms with Crippen molar-refractivity contribution in [1.82, 2.24) is 15.1 Å². The van der Waals surface area contributed by atoms with E-state index in [4.69, 9.17) is 0 Å². The fourth-order valence-electron chi connectivity index (χ4n) is 4.99. The molecule has 3 aliphatic heterocycles. The third-order valence-corrected chi connectivity index (χ3v) is 6.13. The second-order valence-corrected chi connectivity index (χ2v) is 7.60. The van der Waals surface area contributed by atoms with Crippen molar-refractivity contribution in [3.05, 3.63) is 0 Å². The van der Waals surface area contributed by atoms with Gasteiger partial charge in [0.2, 0.25) is 0 Å². The molecule has 0 saturated carbocycles. The summed E-state index contributed by atoms with van der Waals surface area (Å²) in [4.78, 5) is 5.48. The highest BCUT2D eigenvalue weighted by molar-refractivity contribution is 4.94. The Labute approximate surface area is 125 Å². The summed E-state index contributed by atoms with van der Waals surface area (Å²) in [5.41, 5.74) is 0.565. The molecule has 3 aliphatic rings. The molecule has 3 heteroatoms. The number of nitrogens with zero attached hydrogens (tertiary/aromatic N) is 2. The van der Waals surface area contributed by atoms with E-state index in [0.29, 0.717) is 5.41 Å². The van der Waals surface area contributed by atoms with Gasteiger partial charge in [0.05, 0.1) is 0 Å². The van der Waals surface area contributed by atoms with Crippen molar-refractivity contribution in [2.75, 3.05) is 39.8 Å². The van der Waals surface area contributed by atoms with Crippen LogP contribution in [0.4, 0.5) is 0 Å². The van der Waals surface area contributed by atoms with E-state index in [9.17, 15) is 0 Å². The van der Waals surface area contributed by atoms with Crippen molar-refractivity contribution < 1.29 is 0 Å². The number of likely N-dealkylation sites (tertiary alicyclic amines) is 1. The standard InChI is InChI=1S/C17H33N3/c1-3-8-17(9-4-10-18-13-17)14-20-11-7-15-5-6-16(12-20)19(15)2/h15-16,18H,3-14H2,1-2H3. The molecule has 0 aromatic heterocycles. The van der Waals surface area contributed by atoms with Crippen molar-refractivity contribution >= 4 is 0 Å². The van der Waals surface area contributed by atoms with E-state index in [-0.39, 0.29) is 0 Å². The SMILES string of the molecule is CCCC1(CN2CCC3CCC(C2)N3C)CCCNC1. The van der Waals surface area contributed by atoms with Gasteiger partial charge in [-0.05, 0) is 64.1 Å². The average Bonchev–Trinajstić information content (AvgIpc) is 2.69. The van der Waals surface area contributed by atoms with Gasteiger partial charge in [0, 0.05) is 31.7 Å². The first-order chi connectivity index (χ1) is 9.72. The van der Waals surface area contributed by atoms with Gasteiger partial charge in [-0.15, -0.1) is 0 Å². The van der Waals surface area contributed by atoms with E-state index in [2.05, 4.69) is 29.1 Å². The normalized spacial score (nSPS) is 39.9. The van der Waals surface area contributed by atoms with Crippen LogP contribution in [0.25, 0.3) is 0 Å². The highest BCUT2D eigenvalue weighted by Gasteiger charge is 2.38. The number of hydrogen-bond acceptors (Lipinski definition) is 3. The molecule has 0 radical (unpaired) electrons. The average molecular weight is 279 g/mol. The fourth-order valence-corrected chi connectivity index (χ4v) is 4.99. The highest BCUT2D eigenvalue weighted by atomic mass is 15.3. The van der Waals surface area contributed by atoms with Crippen molar-refractivity contribution in [2.45, 2.75) is 64.0 Å². The smallest absolute Gasteiger partial charge is 0.0223 e. The van der Waals surface area contributed by atoms with Gasteiger partial charge < -0.3 is 10.2 Å². The van der Waals surface area contributed by atoms with Gasteiger partial charge in [-0.3, -0.25) is 4.90 Å². The minimum absolute atomic E-state index is 0.565. The van der Waals surface area contributed by atoms with Gasteiger partial charge in [-0.1, -0.05) is 13.3 Å². The second kappa shape index (κ2) is 6.33. The number of nitrogens with one attached hydrogen (secondary N) is 1. The van der Waals surface area contributed by atoms with Crippen LogP contribution in [0.1, 0.15) is 51.9 Å². The summed E-state index contributed by atoms with van der Waals surface area (Å²) in [5, 5.41) is 3.67. The Morgan fingerprint density at radius 1 is 1.20 bits per heavy atom. The van der Waals surface area contributed by atoms with Crippen molar-refractivity contribution in [3.8, 4) is 0 Å². The van der Waals surface area contributed by atoms with E-state index >= 15 is 0 Å². The molecule has 3 unspecified atom stereocenters. The Hall–Kier alpha value is -0.120. The molecular formula is C17H33N3. The van der Waals surface area contributed by atoms with Gasteiger partial charge in [-0.2, -0.15) is 0 Å². The van der Waals surface area contributed by atoms with Gasteiger partial charge in [0.1, 0.15) is 0 Å². The molecule has 3 atom stereocenters. The van der Waals surface area contributed by atoms with Gasteiger partial charge >= 0.3 is 0 Å². The maximum atomic E-state index is 3.67. The van der Waals surface area contributed by atoms with Crippen LogP contribution >= 0.6 is 0 Å². The molecule has 3 heterocycles. The van der Waals surface area contributed by atoms with Crippen LogP contribution in [0.2, 0.25) is 0 Å². The summed E-state index contributed by atoms with van der Waals surface area (Å²) in [6.45, 7) is 8.83. The summed E-state index contributed by atoms with van der Waals surface area (Å²) in [5.74, 6) is 0. The molecule has 2 bridgehead atoms. The summed E-state index contributed by atoms with van der Waals surface area (Å²) >= 11 is 0. The molecule has 116 valence electrons. The molecule has 3 rings (SSSR count). The number of rotatable bonds is 4. The first kappa shape index (κ1) is 14.8. The maximum absolute atomic E-state index is 3.67. The van der Waals surface area contributed by atoms with E-state index in [1.807, 2.05) is 0 Å². The molecule has 3 fully saturated rings. The third-order valence-electron chi connectivity index (χ3n) is 6.13. The van der Waals surface area contributed by atoms with Gasteiger partial charge in [-0.25, -0.2) is 0 Å². The quantitative estimate of drug-likeness (QED) is 0.852. The molecule has 0 aromatic carbocycles. The zero-order valence-electron chi connectivity index (χ0n) is 13.5. The first-order valence-electron chi connectivity index (χ1n) is 8.87. The lowest BCUT2D eigenvalue weighted by Gasteiger charge is -2.42. The summed E-state index contributed by atoms with van der Waals surface area (Å²) in [6, 6.07) is 1.70. The first-order valence-corrected chi connectivity index (χ1v) is 8.87. The van der Waals surface area contributed by atoms with Crippen molar-refractivity contribution in [2.24, 2.45) is 5.41 Å². The Bertz CT molecular complexity index is 306. The second-order valence-electron chi connectivity index (χ2n) is 7.60. The number of hydrogen-bond donors (Lipinski definition) is 1. The lowest BCUT2D eigenvalue weighted by molar-refractivity contribution is 0.0989. The number of piperidine rings is 1. The molecule has 0 spiro atoms. The summed E-state index contributed by atoms with van der Waals surface area (Å²) in [7, 11) is 2.36. The van der Waals surface area contributed by atoms with Crippen LogP contribution in [0.3, 0.4) is 0 Å². The molecule has 0 aromatic rings. The predicted octanol–water partition coefficient (Wildman–Crippen LogP) is 2.32. The van der Waals surface area contributed by atoms with Gasteiger partial charge in [0.15, 0.2) is 0 Å². The Kier molecular flexibility index (Phi) is 4.68. The van der Waals surface area contributed by atoms with Crippen LogP contribution in [0.5, 0.6) is 0 Å². The molecule has 3 saturated heterocycles. The van der Waals surface area contributed by atoms with E-state index in [1.54, 1.807) is 0 Å². The van der Waals surface area contributed by atoms with Crippen LogP contribution in [0, 0.1) is 5.41 Å². The Morgan fingerprint density at radius 2 is 2.05 bits per heavy atom. The summed E-state index contributed by atoms with van der Waals surface area (Å²) < 4.78 is 0. The maximum Gasteiger partial charge on any atom is 0.0223 e. The Morgan fingerprint density at radius 3 is 2.80 bits per heavy atom. The fraction of sp³-hybridized carbons (Fsp3) is 1.00. The van der Waals surface area contributed by atoms with E-state index < -0.39 is 0 Å². The van der Waals surface area contributed by atoms with Crippen LogP contribution < -0.4 is 5.32 Å². The van der Waals surface area contributed by atoms with E-state index in [0.717, 1.165) is 12.1 Å². The van der Waals surface area contributed by atoms with Crippen LogP contribution in [-0.4, -0.2) is 61.7 Å². The van der Waals surface area contributed by atoms with Crippen molar-refractivity contribution in [1.29, 1.82) is 0 Å². The van der Waals surface area contributed by atoms with Crippen molar-refractivity contribution in [3.63, 3.8) is 0 Å². The molecule has 0 aliphatic carbocycles. The summed E-state index contributed by atoms with van der Waals surface area (Å²) in [6.07, 6.45) is 9.81. The molecule has 3 nitrogen and oxygen atoms in total. The lowest BCUT2D eigenvalue weighted by atomic mass is 9.76. The largest absolute Gasteiger partial charge is 0.316 e. The van der Waals surface area contributed by atoms with Gasteiger partial charge in [0.25, 0.3) is 0 Å². The monoisotopic (exact) mass is 279 g/mol. The van der Waals surface area contributed by atoms with E-state index in [1.165, 1.54) is 77.7 Å². The zero-order valence-corrected chi connectivity index (χ0v) is 13.5. The predicted molar refractivity (Wildman–Crippen MR) is 85.1 cm³/mol. The third kappa shape index (κ3) is 3.05. The molecule has 0 amide bonds. The van der Waals surface area contributed by atoms with Crippen LogP contribution in [-0.2, 0) is 0 Å². The molecule has 20 heavy (non-hydrogen) atoms. The minimum atomic E-state index is 0.565. The number of likely N-dealkylation sites (N-methyl/N-ethyl adjacent to an activating group) is 1. The highest BCUT2D eigenvalue weighted by Crippen LogP contribution is 2.35. The lowest BCUT2D eigenvalue weighted by Crippen LogP contribution is -2.49. The molecule has 1 N–H and O–H groups in total. The van der Waals surface area contributed by atoms with Crippen LogP contribution in [0.15, 0.2) is 0 Å². The number of fused-ring (bicyclic) bond motifs is 2. The zero-order chi connectivity index (χ0) is 14.0. The minimum Gasteiger partial charge on any atom is -0.316 e.